The lowest BCUT2D eigenvalue weighted by atomic mass is 9.77. The van der Waals surface area contributed by atoms with Crippen LogP contribution in [0.4, 0.5) is 0 Å². The van der Waals surface area contributed by atoms with Crippen molar-refractivity contribution in [1.29, 1.82) is 0 Å². The highest BCUT2D eigenvalue weighted by molar-refractivity contribution is 6.64. The van der Waals surface area contributed by atoms with Gasteiger partial charge in [0.2, 0.25) is 0 Å². The maximum atomic E-state index is 6.24. The minimum Gasteiger partial charge on any atom is -0.461 e. The third-order valence-corrected chi connectivity index (χ3v) is 5.28. The molecule has 0 aliphatic carbocycles. The highest BCUT2D eigenvalue weighted by Crippen LogP contribution is 2.38. The van der Waals surface area contributed by atoms with Crippen LogP contribution in [0, 0.1) is 13.8 Å². The van der Waals surface area contributed by atoms with Gasteiger partial charge in [-0.25, -0.2) is 0 Å². The van der Waals surface area contributed by atoms with Crippen molar-refractivity contribution in [2.75, 3.05) is 0 Å². The van der Waals surface area contributed by atoms with Gasteiger partial charge in [0.05, 0.1) is 11.2 Å². The van der Waals surface area contributed by atoms with Gasteiger partial charge in [0, 0.05) is 16.8 Å². The Hall–Kier alpha value is -1.26. The third kappa shape index (κ3) is 2.52. The molecule has 0 saturated carbocycles. The van der Waals surface area contributed by atoms with E-state index in [0.717, 1.165) is 16.8 Å². The van der Waals surface area contributed by atoms with E-state index in [0.29, 0.717) is 5.92 Å². The second-order valence-corrected chi connectivity index (χ2v) is 8.07. The van der Waals surface area contributed by atoms with E-state index in [1.54, 1.807) is 0 Å². The van der Waals surface area contributed by atoms with Crippen molar-refractivity contribution in [2.24, 2.45) is 0 Å². The molecule has 1 aromatic heterocycles. The largest absolute Gasteiger partial charge is 0.498 e. The van der Waals surface area contributed by atoms with Crippen molar-refractivity contribution in [3.8, 4) is 0 Å². The van der Waals surface area contributed by atoms with Crippen LogP contribution < -0.4 is 5.46 Å². The Morgan fingerprint density at radius 1 is 0.957 bits per heavy atom. The van der Waals surface area contributed by atoms with Crippen molar-refractivity contribution >= 4 is 23.6 Å². The van der Waals surface area contributed by atoms with E-state index < -0.39 is 7.12 Å². The number of rotatable bonds is 2. The van der Waals surface area contributed by atoms with Crippen LogP contribution in [-0.2, 0) is 9.31 Å². The molecule has 0 amide bonds. The average molecular weight is 314 g/mol. The lowest BCUT2D eigenvalue weighted by Gasteiger charge is -2.32. The molecule has 1 saturated heterocycles. The van der Waals surface area contributed by atoms with Gasteiger partial charge in [-0.2, -0.15) is 0 Å². The smallest absolute Gasteiger partial charge is 0.461 e. The summed E-state index contributed by atoms with van der Waals surface area (Å²) in [7, 11) is -0.395. The molecule has 1 aromatic carbocycles. The summed E-state index contributed by atoms with van der Waals surface area (Å²) in [5, 5.41) is 1.17. The second-order valence-electron chi connectivity index (χ2n) is 8.07. The molecule has 0 N–H and O–H groups in total. The standard InChI is InChI=1S/C19H27BO3/c1-11(2)16-13(4)14-9-12(3)10-15(17(14)21-16)20-22-18(5,6)19(7,8)23-20/h9-11H,1-8H3. The third-order valence-electron chi connectivity index (χ3n) is 5.28. The molecule has 3 nitrogen and oxygen atoms in total. The van der Waals surface area contributed by atoms with Gasteiger partial charge < -0.3 is 13.7 Å². The van der Waals surface area contributed by atoms with Crippen molar-refractivity contribution in [1.82, 2.24) is 0 Å². The van der Waals surface area contributed by atoms with E-state index in [1.807, 2.05) is 0 Å². The van der Waals surface area contributed by atoms with Crippen LogP contribution in [0.3, 0.4) is 0 Å². The minimum atomic E-state index is -0.395. The maximum Gasteiger partial charge on any atom is 0.498 e. The van der Waals surface area contributed by atoms with Gasteiger partial charge in [0.25, 0.3) is 0 Å². The minimum absolute atomic E-state index is 0.351. The number of fused-ring (bicyclic) bond motifs is 1. The molecule has 23 heavy (non-hydrogen) atoms. The predicted octanol–water partition coefficient (Wildman–Crippen LogP) is 4.47. The van der Waals surface area contributed by atoms with Crippen molar-refractivity contribution < 1.29 is 13.7 Å². The summed E-state index contributed by atoms with van der Waals surface area (Å²) in [6, 6.07) is 4.31. The number of furan rings is 1. The molecule has 2 aromatic rings. The van der Waals surface area contributed by atoms with Gasteiger partial charge >= 0.3 is 7.12 Å². The highest BCUT2D eigenvalue weighted by Gasteiger charge is 2.52. The van der Waals surface area contributed by atoms with E-state index in [1.165, 1.54) is 16.5 Å². The SMILES string of the molecule is Cc1cc(B2OC(C)(C)C(C)(C)O2)c2oc(C(C)C)c(C)c2c1. The molecule has 0 atom stereocenters. The first-order valence-corrected chi connectivity index (χ1v) is 8.42. The lowest BCUT2D eigenvalue weighted by molar-refractivity contribution is 0.00578. The van der Waals surface area contributed by atoms with E-state index in [9.17, 15) is 0 Å². The van der Waals surface area contributed by atoms with Gasteiger partial charge in [-0.05, 0) is 53.2 Å². The Bertz CT molecular complexity index is 740. The zero-order chi connectivity index (χ0) is 17.2. The molecule has 3 rings (SSSR count). The van der Waals surface area contributed by atoms with Gasteiger partial charge in [-0.3, -0.25) is 0 Å². The molecular formula is C19H27BO3. The quantitative estimate of drug-likeness (QED) is 0.766. The molecule has 2 heterocycles. The zero-order valence-corrected chi connectivity index (χ0v) is 15.5. The molecule has 1 fully saturated rings. The molecular weight excluding hydrogens is 287 g/mol. The fourth-order valence-electron chi connectivity index (χ4n) is 3.21. The van der Waals surface area contributed by atoms with Crippen LogP contribution in [0.2, 0.25) is 0 Å². The van der Waals surface area contributed by atoms with Gasteiger partial charge in [-0.1, -0.05) is 25.5 Å². The molecule has 0 radical (unpaired) electrons. The number of hydrogen-bond donors (Lipinski definition) is 0. The average Bonchev–Trinajstić information content (AvgIpc) is 2.84. The first-order chi connectivity index (χ1) is 10.5. The number of benzene rings is 1. The summed E-state index contributed by atoms with van der Waals surface area (Å²) in [5.74, 6) is 1.40. The number of aryl methyl sites for hydroxylation is 2. The van der Waals surface area contributed by atoms with Gasteiger partial charge in [-0.15, -0.1) is 0 Å². The Balaban J connectivity index is 2.17. The zero-order valence-electron chi connectivity index (χ0n) is 15.5. The van der Waals surface area contributed by atoms with Crippen molar-refractivity contribution in [2.45, 2.75) is 72.5 Å². The van der Waals surface area contributed by atoms with Crippen molar-refractivity contribution in [3.05, 3.63) is 29.0 Å². The monoisotopic (exact) mass is 314 g/mol. The molecule has 1 aliphatic rings. The fourth-order valence-corrected chi connectivity index (χ4v) is 3.21. The first kappa shape index (κ1) is 16.6. The predicted molar refractivity (Wildman–Crippen MR) is 95.5 cm³/mol. The summed E-state index contributed by atoms with van der Waals surface area (Å²) in [4.78, 5) is 0. The van der Waals surface area contributed by atoms with E-state index >= 15 is 0 Å². The van der Waals surface area contributed by atoms with Crippen molar-refractivity contribution in [3.63, 3.8) is 0 Å². The van der Waals surface area contributed by atoms with Crippen LogP contribution in [0.5, 0.6) is 0 Å². The molecule has 4 heteroatoms. The van der Waals surface area contributed by atoms with Crippen LogP contribution in [0.1, 0.15) is 64.3 Å². The van der Waals surface area contributed by atoms with Crippen LogP contribution >= 0.6 is 0 Å². The normalized spacial score (nSPS) is 20.0. The highest BCUT2D eigenvalue weighted by atomic mass is 16.7. The lowest BCUT2D eigenvalue weighted by Crippen LogP contribution is -2.41. The molecule has 124 valence electrons. The van der Waals surface area contributed by atoms with E-state index in [4.69, 9.17) is 13.7 Å². The molecule has 1 aliphatic heterocycles. The summed E-state index contributed by atoms with van der Waals surface area (Å²) < 4.78 is 18.7. The molecule has 0 spiro atoms. The summed E-state index contributed by atoms with van der Waals surface area (Å²) in [6.07, 6.45) is 0. The van der Waals surface area contributed by atoms with Crippen LogP contribution in [0.15, 0.2) is 16.5 Å². The summed E-state index contributed by atoms with van der Waals surface area (Å²) in [5.41, 5.74) is 3.61. The summed E-state index contributed by atoms with van der Waals surface area (Å²) >= 11 is 0. The summed E-state index contributed by atoms with van der Waals surface area (Å²) in [6.45, 7) is 16.9. The Morgan fingerprint density at radius 2 is 1.52 bits per heavy atom. The number of hydrogen-bond acceptors (Lipinski definition) is 3. The Morgan fingerprint density at radius 3 is 2.04 bits per heavy atom. The fraction of sp³-hybridized carbons (Fsp3) is 0.579. The van der Waals surface area contributed by atoms with E-state index in [-0.39, 0.29) is 11.2 Å². The Labute approximate surface area is 139 Å². The van der Waals surface area contributed by atoms with Crippen LogP contribution in [0.25, 0.3) is 11.0 Å². The maximum absolute atomic E-state index is 6.24. The topological polar surface area (TPSA) is 31.6 Å². The van der Waals surface area contributed by atoms with Gasteiger partial charge in [0.1, 0.15) is 11.3 Å². The Kier molecular flexibility index (Phi) is 3.69. The first-order valence-electron chi connectivity index (χ1n) is 8.42. The van der Waals surface area contributed by atoms with Crippen LogP contribution in [-0.4, -0.2) is 18.3 Å². The van der Waals surface area contributed by atoms with E-state index in [2.05, 4.69) is 67.5 Å². The van der Waals surface area contributed by atoms with Gasteiger partial charge in [0.15, 0.2) is 0 Å². The molecule has 0 unspecified atom stereocenters. The second kappa shape index (κ2) is 5.12. The molecule has 0 bridgehead atoms.